The summed E-state index contributed by atoms with van der Waals surface area (Å²) in [6.07, 6.45) is 8.73. The van der Waals surface area contributed by atoms with Crippen LogP contribution in [0.2, 0.25) is 0 Å². The van der Waals surface area contributed by atoms with E-state index in [-0.39, 0.29) is 5.97 Å². The Kier molecular flexibility index (Phi) is 9.63. The van der Waals surface area contributed by atoms with Gasteiger partial charge in [0.25, 0.3) is 0 Å². The second kappa shape index (κ2) is 11.8. The fraction of sp³-hybridized carbons (Fsp3) is 0.300. The van der Waals surface area contributed by atoms with Gasteiger partial charge in [-0.25, -0.2) is 4.79 Å². The lowest BCUT2D eigenvalue weighted by molar-refractivity contribution is -0.135. The monoisotopic (exact) mass is 342 g/mol. The fourth-order valence-electron chi connectivity index (χ4n) is 2.09. The van der Waals surface area contributed by atoms with E-state index >= 15 is 0 Å². The number of likely N-dealkylation sites (N-methyl/N-ethyl adjacent to an activating group) is 1. The molecule has 1 rings (SSSR count). The van der Waals surface area contributed by atoms with Gasteiger partial charge in [-0.2, -0.15) is 0 Å². The summed E-state index contributed by atoms with van der Waals surface area (Å²) in [4.78, 5) is 17.9. The largest absolute Gasteiger partial charge is 0.465 e. The third-order valence-electron chi connectivity index (χ3n) is 3.36. The van der Waals surface area contributed by atoms with Crippen LogP contribution in [0, 0.1) is 0 Å². The van der Waals surface area contributed by atoms with Crippen LogP contribution >= 0.6 is 0 Å². The number of carbonyl (C=O) groups excluding carboxylic acids is 1. The number of ether oxygens (including phenoxy) is 2. The van der Waals surface area contributed by atoms with E-state index in [0.29, 0.717) is 18.8 Å². The molecule has 0 aliphatic carbocycles. The van der Waals surface area contributed by atoms with Gasteiger partial charge in [-0.15, -0.1) is 6.58 Å². The van der Waals surface area contributed by atoms with Gasteiger partial charge in [0.15, 0.2) is 0 Å². The van der Waals surface area contributed by atoms with Crippen molar-refractivity contribution in [2.75, 3.05) is 38.8 Å². The number of hydrogen-bond donors (Lipinski definition) is 0. The zero-order valence-corrected chi connectivity index (χ0v) is 15.1. The molecule has 0 saturated heterocycles. The van der Waals surface area contributed by atoms with E-state index < -0.39 is 0 Å². The molecule has 0 spiro atoms. The number of aliphatic imine (C=N–C) groups is 1. The topological polar surface area (TPSA) is 51.1 Å². The molecule has 0 aromatic heterocycles. The molecule has 1 aromatic rings. The molecule has 0 saturated carbocycles. The van der Waals surface area contributed by atoms with E-state index in [1.54, 1.807) is 31.4 Å². The Labute approximate surface area is 150 Å². The first-order valence-corrected chi connectivity index (χ1v) is 8.06. The zero-order chi connectivity index (χ0) is 18.5. The van der Waals surface area contributed by atoms with E-state index in [1.165, 1.54) is 7.11 Å². The van der Waals surface area contributed by atoms with Gasteiger partial charge in [0, 0.05) is 19.8 Å². The van der Waals surface area contributed by atoms with Crippen LogP contribution in [-0.2, 0) is 14.3 Å². The Bertz CT molecular complexity index is 648. The molecule has 0 aliphatic rings. The minimum atomic E-state index is -0.361. The number of methoxy groups -OCH3 is 1. The van der Waals surface area contributed by atoms with Crippen molar-refractivity contribution in [3.05, 3.63) is 60.7 Å². The summed E-state index contributed by atoms with van der Waals surface area (Å²) < 4.78 is 10.1. The number of esters is 1. The first kappa shape index (κ1) is 20.4. The molecule has 0 unspecified atom stereocenters. The van der Waals surface area contributed by atoms with Gasteiger partial charge in [0.1, 0.15) is 0 Å². The maximum atomic E-state index is 11.4. The summed E-state index contributed by atoms with van der Waals surface area (Å²) in [5.41, 5.74) is 2.42. The average molecular weight is 342 g/mol. The third-order valence-corrected chi connectivity index (χ3v) is 3.36. The summed E-state index contributed by atoms with van der Waals surface area (Å²) in [5, 5.41) is 0. The van der Waals surface area contributed by atoms with Crippen molar-refractivity contribution in [2.24, 2.45) is 4.99 Å². The molecule has 0 fully saturated rings. The summed E-state index contributed by atoms with van der Waals surface area (Å²) in [6.45, 7) is 7.06. The SMILES string of the molecule is C=CCN(C)c1ccccc1N=CCOC/C=C\C(=C/C)C(=O)OC. The second-order valence-electron chi connectivity index (χ2n) is 5.15. The number of para-hydroxylation sites is 2. The molecule has 1 aromatic carbocycles. The predicted molar refractivity (Wildman–Crippen MR) is 104 cm³/mol. The van der Waals surface area contributed by atoms with Gasteiger partial charge in [-0.3, -0.25) is 4.99 Å². The number of allylic oxidation sites excluding steroid dienone is 1. The van der Waals surface area contributed by atoms with Gasteiger partial charge < -0.3 is 14.4 Å². The lowest BCUT2D eigenvalue weighted by Gasteiger charge is -2.18. The van der Waals surface area contributed by atoms with E-state index in [4.69, 9.17) is 4.74 Å². The maximum absolute atomic E-state index is 11.4. The number of hydrogen-bond acceptors (Lipinski definition) is 5. The van der Waals surface area contributed by atoms with Crippen molar-refractivity contribution in [3.8, 4) is 0 Å². The molecule has 0 amide bonds. The number of carbonyl (C=O) groups is 1. The molecule has 5 heteroatoms. The summed E-state index contributed by atoms with van der Waals surface area (Å²) in [6, 6.07) is 7.91. The number of benzene rings is 1. The Balaban J connectivity index is 2.49. The standard InChI is InChI=1S/C20H26N2O3/c1-5-14-22(3)19-12-8-7-11-18(19)21-13-16-25-15-9-10-17(6-2)20(23)24-4/h5-13H,1,14-16H2,2-4H3/b10-9-,17-6+,21-13?. The highest BCUT2D eigenvalue weighted by Gasteiger charge is 2.04. The Morgan fingerprint density at radius 3 is 2.76 bits per heavy atom. The lowest BCUT2D eigenvalue weighted by Crippen LogP contribution is -2.16. The first-order valence-electron chi connectivity index (χ1n) is 8.06. The highest BCUT2D eigenvalue weighted by atomic mass is 16.5. The molecular weight excluding hydrogens is 316 g/mol. The molecular formula is C20H26N2O3. The van der Waals surface area contributed by atoms with Gasteiger partial charge >= 0.3 is 5.97 Å². The smallest absolute Gasteiger partial charge is 0.337 e. The number of anilines is 1. The molecule has 0 heterocycles. The van der Waals surface area contributed by atoms with Crippen molar-refractivity contribution in [2.45, 2.75) is 6.92 Å². The molecule has 0 bridgehead atoms. The van der Waals surface area contributed by atoms with E-state index in [2.05, 4.69) is 21.2 Å². The molecule has 134 valence electrons. The van der Waals surface area contributed by atoms with Crippen LogP contribution in [0.25, 0.3) is 0 Å². The number of rotatable bonds is 10. The van der Waals surface area contributed by atoms with Crippen LogP contribution in [0.15, 0.2) is 65.7 Å². The number of nitrogens with zero attached hydrogens (tertiary/aromatic N) is 2. The second-order valence-corrected chi connectivity index (χ2v) is 5.15. The predicted octanol–water partition coefficient (Wildman–Crippen LogP) is 3.70. The van der Waals surface area contributed by atoms with Crippen LogP contribution in [0.5, 0.6) is 0 Å². The van der Waals surface area contributed by atoms with Crippen molar-refractivity contribution in [1.29, 1.82) is 0 Å². The summed E-state index contributed by atoms with van der Waals surface area (Å²) >= 11 is 0. The minimum absolute atomic E-state index is 0.361. The van der Waals surface area contributed by atoms with Crippen molar-refractivity contribution in [3.63, 3.8) is 0 Å². The van der Waals surface area contributed by atoms with Crippen LogP contribution < -0.4 is 4.90 Å². The molecule has 0 atom stereocenters. The van der Waals surface area contributed by atoms with Crippen LogP contribution in [-0.4, -0.2) is 46.1 Å². The third kappa shape index (κ3) is 7.18. The van der Waals surface area contributed by atoms with Crippen LogP contribution in [0.1, 0.15) is 6.92 Å². The Hall–Kier alpha value is -2.66. The highest BCUT2D eigenvalue weighted by Crippen LogP contribution is 2.26. The van der Waals surface area contributed by atoms with Crippen LogP contribution in [0.4, 0.5) is 11.4 Å². The minimum Gasteiger partial charge on any atom is -0.465 e. The molecule has 25 heavy (non-hydrogen) atoms. The van der Waals surface area contributed by atoms with Crippen LogP contribution in [0.3, 0.4) is 0 Å². The molecule has 0 aliphatic heterocycles. The van der Waals surface area contributed by atoms with E-state index in [0.717, 1.165) is 17.9 Å². The summed E-state index contributed by atoms with van der Waals surface area (Å²) in [7, 11) is 3.36. The van der Waals surface area contributed by atoms with E-state index in [9.17, 15) is 4.79 Å². The van der Waals surface area contributed by atoms with Gasteiger partial charge in [0.2, 0.25) is 0 Å². The Morgan fingerprint density at radius 2 is 2.08 bits per heavy atom. The van der Waals surface area contributed by atoms with Crippen molar-refractivity contribution >= 4 is 23.6 Å². The highest BCUT2D eigenvalue weighted by molar-refractivity contribution is 5.91. The maximum Gasteiger partial charge on any atom is 0.337 e. The molecule has 0 radical (unpaired) electrons. The zero-order valence-electron chi connectivity index (χ0n) is 15.1. The summed E-state index contributed by atoms with van der Waals surface area (Å²) in [5.74, 6) is -0.361. The Morgan fingerprint density at radius 1 is 1.32 bits per heavy atom. The normalized spacial score (nSPS) is 11.9. The molecule has 0 N–H and O–H groups in total. The lowest BCUT2D eigenvalue weighted by atomic mass is 10.2. The fourth-order valence-corrected chi connectivity index (χ4v) is 2.09. The van der Waals surface area contributed by atoms with Crippen molar-refractivity contribution in [1.82, 2.24) is 0 Å². The van der Waals surface area contributed by atoms with Gasteiger partial charge in [0.05, 0.1) is 37.3 Å². The molecule has 5 nitrogen and oxygen atoms in total. The first-order chi connectivity index (χ1) is 12.1. The van der Waals surface area contributed by atoms with E-state index in [1.807, 2.05) is 37.4 Å². The van der Waals surface area contributed by atoms with Gasteiger partial charge in [-0.1, -0.05) is 30.4 Å². The van der Waals surface area contributed by atoms with Gasteiger partial charge in [-0.05, 0) is 25.1 Å². The quantitative estimate of drug-likeness (QED) is 0.162. The van der Waals surface area contributed by atoms with Crippen molar-refractivity contribution < 1.29 is 14.3 Å². The average Bonchev–Trinajstić information content (AvgIpc) is 2.64.